The predicted molar refractivity (Wildman–Crippen MR) is 115 cm³/mol. The summed E-state index contributed by atoms with van der Waals surface area (Å²) >= 11 is 0. The van der Waals surface area contributed by atoms with Crippen molar-refractivity contribution in [3.05, 3.63) is 17.3 Å². The largest absolute Gasteiger partial charge is 0.366 e. The smallest absolute Gasteiger partial charge is 0.272 e. The summed E-state index contributed by atoms with van der Waals surface area (Å²) in [4.78, 5) is 13.1. The van der Waals surface area contributed by atoms with Crippen LogP contribution in [0.4, 0.5) is 5.82 Å². The van der Waals surface area contributed by atoms with Gasteiger partial charge in [-0.25, -0.2) is 0 Å². The third-order valence-electron chi connectivity index (χ3n) is 8.15. The summed E-state index contributed by atoms with van der Waals surface area (Å²) < 4.78 is 0. The standard InChI is InChI=1S/C24H36N4O/c1-14(2)20-13-21(27-28-23(20)25-19-6-4-3-5-7-19)24(29)26-22-17-9-15-8-16(11-17)12-18(22)10-15/h13-19,22H,3-12H2,1-2H3,(H,25,28)(H,26,29). The molecule has 0 radical (unpaired) electrons. The molecular formula is C24H36N4O. The number of carbonyl (C=O) groups is 1. The van der Waals surface area contributed by atoms with E-state index < -0.39 is 0 Å². The van der Waals surface area contributed by atoms with E-state index in [2.05, 4.69) is 34.7 Å². The molecule has 1 heterocycles. The molecule has 0 aromatic carbocycles. The molecule has 158 valence electrons. The lowest BCUT2D eigenvalue weighted by Gasteiger charge is -2.54. The van der Waals surface area contributed by atoms with E-state index in [-0.39, 0.29) is 5.91 Å². The van der Waals surface area contributed by atoms with E-state index in [9.17, 15) is 4.79 Å². The molecule has 0 aliphatic heterocycles. The third kappa shape index (κ3) is 3.89. The highest BCUT2D eigenvalue weighted by molar-refractivity contribution is 5.92. The Bertz CT molecular complexity index is 727. The maximum atomic E-state index is 13.1. The molecular weight excluding hydrogens is 360 g/mol. The van der Waals surface area contributed by atoms with Gasteiger partial charge < -0.3 is 10.6 Å². The molecule has 0 saturated heterocycles. The van der Waals surface area contributed by atoms with Crippen LogP contribution in [-0.2, 0) is 0 Å². The second-order valence-electron chi connectivity index (χ2n) is 10.6. The average Bonchev–Trinajstić information content (AvgIpc) is 2.71. The zero-order valence-electron chi connectivity index (χ0n) is 18.0. The lowest BCUT2D eigenvalue weighted by Crippen LogP contribution is -2.55. The SMILES string of the molecule is CC(C)c1cc(C(=O)NC2C3CC4CC(C3)CC2C4)nnc1NC1CCCCC1. The van der Waals surface area contributed by atoms with E-state index in [0.717, 1.165) is 23.2 Å². The Kier molecular flexibility index (Phi) is 5.25. The highest BCUT2D eigenvalue weighted by atomic mass is 16.2. The van der Waals surface area contributed by atoms with E-state index in [1.807, 2.05) is 6.07 Å². The normalized spacial score (nSPS) is 33.8. The summed E-state index contributed by atoms with van der Waals surface area (Å²) in [5, 5.41) is 15.8. The second kappa shape index (κ2) is 7.88. The zero-order valence-corrected chi connectivity index (χ0v) is 18.0. The molecule has 1 aromatic heterocycles. The molecule has 6 rings (SSSR count). The number of hydrogen-bond acceptors (Lipinski definition) is 4. The van der Waals surface area contributed by atoms with E-state index >= 15 is 0 Å². The first kappa shape index (κ1) is 19.3. The first-order valence-electron chi connectivity index (χ1n) is 12.0. The molecule has 4 bridgehead atoms. The zero-order chi connectivity index (χ0) is 20.0. The number of nitrogens with zero attached hydrogens (tertiary/aromatic N) is 2. The summed E-state index contributed by atoms with van der Waals surface area (Å²) in [5.74, 6) is 4.36. The van der Waals surface area contributed by atoms with Gasteiger partial charge in [0.15, 0.2) is 11.5 Å². The molecule has 0 atom stereocenters. The van der Waals surface area contributed by atoms with Crippen LogP contribution in [0.3, 0.4) is 0 Å². The topological polar surface area (TPSA) is 66.9 Å². The molecule has 0 spiro atoms. The molecule has 1 aromatic rings. The van der Waals surface area contributed by atoms with Gasteiger partial charge in [0.25, 0.3) is 5.91 Å². The van der Waals surface area contributed by atoms with E-state index in [1.165, 1.54) is 64.2 Å². The molecule has 2 N–H and O–H groups in total. The molecule has 5 heteroatoms. The van der Waals surface area contributed by atoms with Crippen molar-refractivity contribution in [3.63, 3.8) is 0 Å². The van der Waals surface area contributed by atoms with Gasteiger partial charge in [-0.05, 0) is 80.6 Å². The van der Waals surface area contributed by atoms with Gasteiger partial charge in [-0.15, -0.1) is 10.2 Å². The summed E-state index contributed by atoms with van der Waals surface area (Å²) in [6, 6.07) is 2.82. The molecule has 1 amide bonds. The second-order valence-corrected chi connectivity index (χ2v) is 10.6. The highest BCUT2D eigenvalue weighted by Gasteiger charge is 2.48. The van der Waals surface area contributed by atoms with Gasteiger partial charge in [0.05, 0.1) is 0 Å². The van der Waals surface area contributed by atoms with Gasteiger partial charge in [-0.1, -0.05) is 33.1 Å². The Balaban J connectivity index is 1.30. The Morgan fingerprint density at radius 1 is 0.966 bits per heavy atom. The van der Waals surface area contributed by atoms with Gasteiger partial charge in [-0.3, -0.25) is 4.79 Å². The van der Waals surface area contributed by atoms with Gasteiger partial charge in [-0.2, -0.15) is 0 Å². The minimum atomic E-state index is -0.0268. The number of hydrogen-bond donors (Lipinski definition) is 2. The van der Waals surface area contributed by atoms with Crippen LogP contribution in [0.25, 0.3) is 0 Å². The van der Waals surface area contributed by atoms with Crippen LogP contribution in [0, 0.1) is 23.7 Å². The Hall–Kier alpha value is -1.65. The first-order chi connectivity index (χ1) is 14.1. The van der Waals surface area contributed by atoms with Crippen LogP contribution in [-0.4, -0.2) is 28.2 Å². The van der Waals surface area contributed by atoms with Crippen molar-refractivity contribution >= 4 is 11.7 Å². The van der Waals surface area contributed by atoms with Crippen molar-refractivity contribution in [1.29, 1.82) is 0 Å². The Morgan fingerprint density at radius 2 is 1.62 bits per heavy atom. The fourth-order valence-corrected chi connectivity index (χ4v) is 6.90. The maximum absolute atomic E-state index is 13.1. The average molecular weight is 397 g/mol. The molecule has 29 heavy (non-hydrogen) atoms. The van der Waals surface area contributed by atoms with Crippen molar-refractivity contribution in [3.8, 4) is 0 Å². The summed E-state index contributed by atoms with van der Waals surface area (Å²) in [7, 11) is 0. The lowest BCUT2D eigenvalue weighted by molar-refractivity contribution is -0.0120. The summed E-state index contributed by atoms with van der Waals surface area (Å²) in [5.41, 5.74) is 1.59. The Morgan fingerprint density at radius 3 is 2.24 bits per heavy atom. The minimum Gasteiger partial charge on any atom is -0.366 e. The van der Waals surface area contributed by atoms with E-state index in [4.69, 9.17) is 0 Å². The van der Waals surface area contributed by atoms with Crippen molar-refractivity contribution in [2.75, 3.05) is 5.32 Å². The highest BCUT2D eigenvalue weighted by Crippen LogP contribution is 2.53. The molecule has 5 nitrogen and oxygen atoms in total. The van der Waals surface area contributed by atoms with E-state index in [0.29, 0.717) is 35.5 Å². The van der Waals surface area contributed by atoms with Crippen LogP contribution in [0.2, 0.25) is 0 Å². The van der Waals surface area contributed by atoms with Crippen LogP contribution in [0.15, 0.2) is 6.07 Å². The maximum Gasteiger partial charge on any atom is 0.272 e. The summed E-state index contributed by atoms with van der Waals surface area (Å²) in [6.45, 7) is 4.34. The quantitative estimate of drug-likeness (QED) is 0.743. The molecule has 5 aliphatic carbocycles. The lowest BCUT2D eigenvalue weighted by atomic mass is 9.54. The predicted octanol–water partition coefficient (Wildman–Crippen LogP) is 4.90. The van der Waals surface area contributed by atoms with Crippen molar-refractivity contribution in [2.24, 2.45) is 23.7 Å². The summed E-state index contributed by atoms with van der Waals surface area (Å²) in [6.07, 6.45) is 13.0. The van der Waals surface area contributed by atoms with Gasteiger partial charge >= 0.3 is 0 Å². The van der Waals surface area contributed by atoms with Crippen LogP contribution in [0.1, 0.15) is 100 Å². The van der Waals surface area contributed by atoms with Crippen LogP contribution < -0.4 is 10.6 Å². The Labute approximate surface area is 174 Å². The van der Waals surface area contributed by atoms with Crippen LogP contribution in [0.5, 0.6) is 0 Å². The van der Waals surface area contributed by atoms with Crippen molar-refractivity contribution < 1.29 is 4.79 Å². The van der Waals surface area contributed by atoms with Crippen molar-refractivity contribution in [1.82, 2.24) is 15.5 Å². The molecule has 5 fully saturated rings. The number of carbonyl (C=O) groups excluding carboxylic acids is 1. The van der Waals surface area contributed by atoms with Crippen LogP contribution >= 0.6 is 0 Å². The van der Waals surface area contributed by atoms with Gasteiger partial charge in [0.1, 0.15) is 0 Å². The monoisotopic (exact) mass is 396 g/mol. The number of rotatable bonds is 5. The molecule has 5 saturated carbocycles. The van der Waals surface area contributed by atoms with Gasteiger partial charge in [0.2, 0.25) is 0 Å². The third-order valence-corrected chi connectivity index (χ3v) is 8.15. The molecule has 5 aliphatic rings. The number of amides is 1. The van der Waals surface area contributed by atoms with Gasteiger partial charge in [0, 0.05) is 17.6 Å². The first-order valence-corrected chi connectivity index (χ1v) is 12.0. The number of aromatic nitrogens is 2. The number of anilines is 1. The fraction of sp³-hybridized carbons (Fsp3) is 0.792. The van der Waals surface area contributed by atoms with Crippen molar-refractivity contribution in [2.45, 2.75) is 96.1 Å². The fourth-order valence-electron chi connectivity index (χ4n) is 6.90. The minimum absolute atomic E-state index is 0.0268. The number of nitrogens with one attached hydrogen (secondary N) is 2. The molecule has 0 unspecified atom stereocenters. The van der Waals surface area contributed by atoms with E-state index in [1.54, 1.807) is 0 Å².